The minimum atomic E-state index is -4.82. The third-order valence-corrected chi connectivity index (χ3v) is 12.8. The van der Waals surface area contributed by atoms with E-state index in [1.54, 1.807) is 54.6 Å². The monoisotopic (exact) mass is 911 g/mol. The van der Waals surface area contributed by atoms with Crippen molar-refractivity contribution in [3.8, 4) is 11.5 Å². The molecular formula is C41H34ClF3IN5O6. The van der Waals surface area contributed by atoms with Crippen LogP contribution in [0.15, 0.2) is 90.5 Å². The molecule has 2 saturated heterocycles. The number of aromatic hydroxyl groups is 1. The zero-order valence-electron chi connectivity index (χ0n) is 30.6. The van der Waals surface area contributed by atoms with Crippen LogP contribution in [-0.4, -0.2) is 57.9 Å². The molecule has 2 N–H and O–H groups in total. The minimum Gasteiger partial charge on any atom is -0.504 e. The Morgan fingerprint density at radius 1 is 0.982 bits per heavy atom. The number of rotatable bonds is 7. The number of amides is 4. The molecular weight excluding hydrogens is 878 g/mol. The maximum Gasteiger partial charge on any atom is 0.433 e. The Morgan fingerprint density at radius 2 is 1.68 bits per heavy atom. The maximum absolute atomic E-state index is 15.4. The molecule has 6 unspecified atom stereocenters. The molecule has 16 heteroatoms. The number of hydrogen-bond donors (Lipinski definition) is 2. The van der Waals surface area contributed by atoms with Crippen LogP contribution < -0.4 is 15.2 Å². The average molecular weight is 912 g/mol. The molecule has 1 aromatic heterocycles. The van der Waals surface area contributed by atoms with Gasteiger partial charge in [-0.2, -0.15) is 23.2 Å². The topological polar surface area (TPSA) is 132 Å². The molecule has 0 radical (unpaired) electrons. The highest BCUT2D eigenvalue weighted by molar-refractivity contribution is 14.1. The highest BCUT2D eigenvalue weighted by Gasteiger charge is 2.70. The number of aromatic nitrogens is 1. The number of allylic oxidation sites excluding steroid dienone is 2. The molecule has 294 valence electrons. The Bertz CT molecular complexity index is 2380. The van der Waals surface area contributed by atoms with Gasteiger partial charge < -0.3 is 9.84 Å². The summed E-state index contributed by atoms with van der Waals surface area (Å²) in [5.74, 6) is -7.61. The Kier molecular flexibility index (Phi) is 9.53. The SMILES string of the molecule is COc1cc(C2C3=CCC4C(=O)N(N(C)c5nc(C(F)(F)F)ccc5Cl)C(=O)C4C3CC3C(=O)N(Nc4ccc(C)cc4)C(=O)C32c2ccccc2)cc(I)c1O. The highest BCUT2D eigenvalue weighted by atomic mass is 127. The van der Waals surface area contributed by atoms with Gasteiger partial charge in [-0.1, -0.05) is 71.3 Å². The van der Waals surface area contributed by atoms with E-state index in [-0.39, 0.29) is 29.4 Å². The number of imide groups is 2. The smallest absolute Gasteiger partial charge is 0.433 e. The Labute approximate surface area is 343 Å². The fourth-order valence-corrected chi connectivity index (χ4v) is 10.1. The van der Waals surface area contributed by atoms with Gasteiger partial charge in [0.1, 0.15) is 5.69 Å². The third-order valence-electron chi connectivity index (χ3n) is 11.7. The van der Waals surface area contributed by atoms with Crippen molar-refractivity contribution in [2.75, 3.05) is 24.6 Å². The molecule has 0 bridgehead atoms. The largest absolute Gasteiger partial charge is 0.504 e. The number of phenolic OH excluding ortho intramolecular Hbond substituents is 1. The first-order valence-electron chi connectivity index (χ1n) is 18.0. The molecule has 4 aliphatic rings. The first-order chi connectivity index (χ1) is 27.1. The zero-order valence-corrected chi connectivity index (χ0v) is 33.5. The number of carbonyl (C=O) groups is 4. The number of nitrogens with zero attached hydrogens (tertiary/aromatic N) is 4. The second kappa shape index (κ2) is 14.0. The highest BCUT2D eigenvalue weighted by Crippen LogP contribution is 2.64. The van der Waals surface area contributed by atoms with E-state index in [1.807, 2.05) is 47.7 Å². The number of halogens is 5. The molecule has 4 aromatic rings. The van der Waals surface area contributed by atoms with Gasteiger partial charge >= 0.3 is 6.18 Å². The van der Waals surface area contributed by atoms with E-state index in [0.717, 1.165) is 26.7 Å². The van der Waals surface area contributed by atoms with Crippen LogP contribution in [0.3, 0.4) is 0 Å². The number of alkyl halides is 3. The van der Waals surface area contributed by atoms with E-state index < -0.39 is 76.3 Å². The molecule has 6 atom stereocenters. The summed E-state index contributed by atoms with van der Waals surface area (Å²) in [4.78, 5) is 62.9. The number of hydrazine groups is 2. The van der Waals surface area contributed by atoms with Gasteiger partial charge in [-0.25, -0.2) is 4.98 Å². The van der Waals surface area contributed by atoms with Crippen molar-refractivity contribution in [3.63, 3.8) is 0 Å². The van der Waals surface area contributed by atoms with Crippen LogP contribution in [0.4, 0.5) is 24.7 Å². The van der Waals surface area contributed by atoms with Crippen LogP contribution in [0, 0.1) is 34.2 Å². The van der Waals surface area contributed by atoms with Gasteiger partial charge in [0.2, 0.25) is 0 Å². The van der Waals surface area contributed by atoms with Crippen molar-refractivity contribution in [1.29, 1.82) is 0 Å². The molecule has 3 heterocycles. The second-order valence-electron chi connectivity index (χ2n) is 14.7. The molecule has 57 heavy (non-hydrogen) atoms. The number of fused-ring (bicyclic) bond motifs is 4. The number of ether oxygens (including phenoxy) is 1. The fourth-order valence-electron chi connectivity index (χ4n) is 9.23. The van der Waals surface area contributed by atoms with Crippen molar-refractivity contribution in [1.82, 2.24) is 15.0 Å². The van der Waals surface area contributed by atoms with Gasteiger partial charge in [-0.05, 0) is 95.8 Å². The summed E-state index contributed by atoms with van der Waals surface area (Å²) in [5, 5.41) is 13.5. The lowest BCUT2D eigenvalue weighted by Crippen LogP contribution is -2.53. The van der Waals surface area contributed by atoms with Gasteiger partial charge in [-0.3, -0.25) is 29.6 Å². The number of phenols is 1. The van der Waals surface area contributed by atoms with Crippen molar-refractivity contribution >= 4 is 69.3 Å². The third kappa shape index (κ3) is 5.94. The fraction of sp³-hybridized carbons (Fsp3) is 0.293. The molecule has 2 aliphatic carbocycles. The van der Waals surface area contributed by atoms with Crippen molar-refractivity contribution in [3.05, 3.63) is 121 Å². The van der Waals surface area contributed by atoms with E-state index >= 15 is 4.79 Å². The second-order valence-corrected chi connectivity index (χ2v) is 16.2. The number of nitrogens with one attached hydrogen (secondary N) is 1. The van der Waals surface area contributed by atoms with Gasteiger partial charge in [0.15, 0.2) is 17.3 Å². The van der Waals surface area contributed by atoms with Gasteiger partial charge in [0.25, 0.3) is 23.6 Å². The summed E-state index contributed by atoms with van der Waals surface area (Å²) in [5.41, 5.74) is 3.40. The number of aryl methyl sites for hydroxylation is 1. The molecule has 8 rings (SSSR count). The first kappa shape index (κ1) is 38.7. The molecule has 3 aromatic carbocycles. The van der Waals surface area contributed by atoms with Gasteiger partial charge in [0, 0.05) is 13.0 Å². The zero-order chi connectivity index (χ0) is 40.7. The number of carbonyl (C=O) groups excluding carboxylic acids is 4. The summed E-state index contributed by atoms with van der Waals surface area (Å²) in [6, 6.07) is 21.2. The normalized spacial score (nSPS) is 25.5. The van der Waals surface area contributed by atoms with Crippen LogP contribution >= 0.6 is 34.2 Å². The predicted molar refractivity (Wildman–Crippen MR) is 211 cm³/mol. The van der Waals surface area contributed by atoms with E-state index in [2.05, 4.69) is 10.4 Å². The van der Waals surface area contributed by atoms with Crippen LogP contribution in [0.5, 0.6) is 11.5 Å². The number of hydrogen-bond acceptors (Lipinski definition) is 9. The summed E-state index contributed by atoms with van der Waals surface area (Å²) in [6.07, 6.45) is -2.93. The Balaban J connectivity index is 1.29. The lowest BCUT2D eigenvalue weighted by molar-refractivity contribution is -0.142. The summed E-state index contributed by atoms with van der Waals surface area (Å²) < 4.78 is 47.1. The van der Waals surface area contributed by atoms with E-state index in [9.17, 15) is 32.7 Å². The van der Waals surface area contributed by atoms with Crippen LogP contribution in [0.25, 0.3) is 0 Å². The van der Waals surface area contributed by atoms with Crippen LogP contribution in [0.2, 0.25) is 5.02 Å². The summed E-state index contributed by atoms with van der Waals surface area (Å²) in [7, 11) is 2.65. The molecule has 1 saturated carbocycles. The lowest BCUT2D eigenvalue weighted by atomic mass is 9.49. The Hall–Kier alpha value is -5.16. The number of anilines is 2. The maximum atomic E-state index is 15.4. The number of methoxy groups -OCH3 is 1. The molecule has 4 amide bonds. The molecule has 0 spiro atoms. The van der Waals surface area contributed by atoms with E-state index in [4.69, 9.17) is 16.3 Å². The average Bonchev–Trinajstić information content (AvgIpc) is 3.57. The van der Waals surface area contributed by atoms with Crippen LogP contribution in [0.1, 0.15) is 41.1 Å². The lowest BCUT2D eigenvalue weighted by Gasteiger charge is -2.50. The van der Waals surface area contributed by atoms with E-state index in [1.165, 1.54) is 14.2 Å². The predicted octanol–water partition coefficient (Wildman–Crippen LogP) is 7.42. The first-order valence-corrected chi connectivity index (χ1v) is 19.4. The van der Waals surface area contributed by atoms with Crippen molar-refractivity contribution in [2.45, 2.75) is 37.3 Å². The van der Waals surface area contributed by atoms with Gasteiger partial charge in [-0.15, -0.1) is 0 Å². The molecule has 3 fully saturated rings. The van der Waals surface area contributed by atoms with Crippen molar-refractivity contribution < 1.29 is 42.2 Å². The summed E-state index contributed by atoms with van der Waals surface area (Å²) >= 11 is 8.28. The van der Waals surface area contributed by atoms with E-state index in [0.29, 0.717) is 32.0 Å². The number of pyridine rings is 1. The molecule has 2 aliphatic heterocycles. The van der Waals surface area contributed by atoms with Crippen LogP contribution in [-0.2, 0) is 30.8 Å². The number of benzene rings is 3. The standard InChI is InChI=1S/C41H34ClF3IN5O6/c1-20-9-11-23(12-10-20)48-50-37(54)27-19-26-24(33(21-17-29(46)34(52)30(18-21)57-3)40(27,39(50)56)22-7-5-4-6-8-22)13-14-25-32(26)38(55)51(36(25)53)49(2)35-28(42)15-16-31(47-35)41(43,44)45/h4-13,15-18,25-27,32-33,48,52H,14,19H2,1-3H3. The quantitative estimate of drug-likeness (QED) is 0.111. The van der Waals surface area contributed by atoms with Crippen molar-refractivity contribution in [2.24, 2.45) is 23.7 Å². The molecule has 11 nitrogen and oxygen atoms in total. The minimum absolute atomic E-state index is 0.0134. The Morgan fingerprint density at radius 3 is 2.35 bits per heavy atom. The van der Waals surface area contributed by atoms with Gasteiger partial charge in [0.05, 0.1) is 44.6 Å². The summed E-state index contributed by atoms with van der Waals surface area (Å²) in [6.45, 7) is 1.91.